The van der Waals surface area contributed by atoms with E-state index in [1.54, 1.807) is 29.6 Å². The van der Waals surface area contributed by atoms with Gasteiger partial charge in [0.25, 0.3) is 0 Å². The second-order valence-electron chi connectivity index (χ2n) is 5.24. The molecular formula is C18H18Cl3NOS2. The Morgan fingerprint density at radius 1 is 0.920 bits per heavy atom. The predicted molar refractivity (Wildman–Crippen MR) is 113 cm³/mol. The summed E-state index contributed by atoms with van der Waals surface area (Å²) in [6, 6.07) is 13.3. The predicted octanol–water partition coefficient (Wildman–Crippen LogP) is 5.93. The Bertz CT molecular complexity index is 712. The van der Waals surface area contributed by atoms with Crippen LogP contribution in [0.2, 0.25) is 15.1 Å². The van der Waals surface area contributed by atoms with Crippen LogP contribution in [-0.4, -0.2) is 24.0 Å². The summed E-state index contributed by atoms with van der Waals surface area (Å²) in [5.41, 5.74) is 2.18. The zero-order valence-corrected chi connectivity index (χ0v) is 17.3. The molecule has 2 aromatic carbocycles. The Morgan fingerprint density at radius 2 is 1.72 bits per heavy atom. The maximum absolute atomic E-state index is 11.8. The summed E-state index contributed by atoms with van der Waals surface area (Å²) >= 11 is 21.3. The minimum absolute atomic E-state index is 0.0448. The molecule has 0 aromatic heterocycles. The molecule has 0 aliphatic rings. The fourth-order valence-electron chi connectivity index (χ4n) is 2.00. The lowest BCUT2D eigenvalue weighted by Crippen LogP contribution is -2.27. The van der Waals surface area contributed by atoms with Crippen molar-refractivity contribution in [3.8, 4) is 0 Å². The van der Waals surface area contributed by atoms with Gasteiger partial charge in [-0.2, -0.15) is 11.8 Å². The Hall–Kier alpha value is -0.520. The molecular weight excluding hydrogens is 417 g/mol. The first-order valence-corrected chi connectivity index (χ1v) is 11.1. The van der Waals surface area contributed by atoms with Gasteiger partial charge in [-0.05, 0) is 29.3 Å². The van der Waals surface area contributed by atoms with Crippen LogP contribution in [0.4, 0.5) is 0 Å². The van der Waals surface area contributed by atoms with Gasteiger partial charge in [-0.3, -0.25) is 4.79 Å². The number of hydrogen-bond donors (Lipinski definition) is 1. The molecule has 0 unspecified atom stereocenters. The number of benzene rings is 2. The van der Waals surface area contributed by atoms with Crippen LogP contribution in [0.5, 0.6) is 0 Å². The van der Waals surface area contributed by atoms with E-state index in [4.69, 9.17) is 34.8 Å². The number of carbonyl (C=O) groups is 1. The summed E-state index contributed by atoms with van der Waals surface area (Å²) in [5.74, 6) is 2.90. The first-order valence-electron chi connectivity index (χ1n) is 7.66. The molecule has 2 rings (SSSR count). The molecule has 1 amide bonds. The Labute approximate surface area is 172 Å². The van der Waals surface area contributed by atoms with E-state index >= 15 is 0 Å². The van der Waals surface area contributed by atoms with E-state index in [0.717, 1.165) is 33.4 Å². The van der Waals surface area contributed by atoms with Gasteiger partial charge in [0, 0.05) is 28.8 Å². The van der Waals surface area contributed by atoms with Crippen LogP contribution >= 0.6 is 58.3 Å². The maximum Gasteiger partial charge on any atom is 0.230 e. The van der Waals surface area contributed by atoms with Crippen molar-refractivity contribution >= 4 is 64.2 Å². The second kappa shape index (κ2) is 11.2. The van der Waals surface area contributed by atoms with Gasteiger partial charge in [0.05, 0.1) is 15.8 Å². The third kappa shape index (κ3) is 7.71. The largest absolute Gasteiger partial charge is 0.355 e. The number of rotatable bonds is 9. The van der Waals surface area contributed by atoms with Crippen molar-refractivity contribution in [1.29, 1.82) is 0 Å². The van der Waals surface area contributed by atoms with Crippen LogP contribution in [0, 0.1) is 0 Å². The van der Waals surface area contributed by atoms with Gasteiger partial charge >= 0.3 is 0 Å². The van der Waals surface area contributed by atoms with Crippen LogP contribution in [0.15, 0.2) is 42.5 Å². The number of halogens is 3. The lowest BCUT2D eigenvalue weighted by Gasteiger charge is -2.07. The first-order chi connectivity index (χ1) is 12.1. The average molecular weight is 435 g/mol. The van der Waals surface area contributed by atoms with Gasteiger partial charge in [0.1, 0.15) is 0 Å². The van der Waals surface area contributed by atoms with E-state index in [9.17, 15) is 4.79 Å². The van der Waals surface area contributed by atoms with Crippen LogP contribution in [0.25, 0.3) is 0 Å². The van der Waals surface area contributed by atoms with E-state index in [1.165, 1.54) is 0 Å². The quantitative estimate of drug-likeness (QED) is 0.496. The molecule has 25 heavy (non-hydrogen) atoms. The highest BCUT2D eigenvalue weighted by atomic mass is 35.5. The molecule has 134 valence electrons. The molecule has 0 bridgehead atoms. The number of nitrogens with one attached hydrogen (secondary N) is 1. The van der Waals surface area contributed by atoms with E-state index in [-0.39, 0.29) is 5.91 Å². The lowest BCUT2D eigenvalue weighted by molar-refractivity contribution is -0.118. The summed E-state index contributed by atoms with van der Waals surface area (Å²) in [6.45, 7) is 0.654. The van der Waals surface area contributed by atoms with Gasteiger partial charge in [0.2, 0.25) is 5.91 Å². The number of hydrogen-bond acceptors (Lipinski definition) is 3. The molecule has 0 spiro atoms. The van der Waals surface area contributed by atoms with Crippen LogP contribution in [0.3, 0.4) is 0 Å². The Balaban J connectivity index is 1.56. The maximum atomic E-state index is 11.8. The number of amides is 1. The van der Waals surface area contributed by atoms with Gasteiger partial charge in [-0.15, -0.1) is 11.8 Å². The fourth-order valence-corrected chi connectivity index (χ4v) is 4.27. The van der Waals surface area contributed by atoms with Gasteiger partial charge in [0.15, 0.2) is 0 Å². The summed E-state index contributed by atoms with van der Waals surface area (Å²) in [6.07, 6.45) is 0. The molecule has 1 N–H and O–H groups in total. The van der Waals surface area contributed by atoms with Crippen molar-refractivity contribution in [1.82, 2.24) is 5.32 Å². The van der Waals surface area contributed by atoms with E-state index < -0.39 is 0 Å². The van der Waals surface area contributed by atoms with Crippen molar-refractivity contribution < 1.29 is 4.79 Å². The highest BCUT2D eigenvalue weighted by molar-refractivity contribution is 7.99. The molecule has 0 saturated heterocycles. The molecule has 2 nitrogen and oxygen atoms in total. The highest BCUT2D eigenvalue weighted by Gasteiger charge is 2.04. The monoisotopic (exact) mass is 433 g/mol. The SMILES string of the molecule is O=C(CSCc1ccc(Cl)c(Cl)c1)NCCSCc1ccccc1Cl. The Kier molecular flexibility index (Phi) is 9.35. The molecule has 0 saturated carbocycles. The topological polar surface area (TPSA) is 29.1 Å². The summed E-state index contributed by atoms with van der Waals surface area (Å²) in [4.78, 5) is 11.8. The highest BCUT2D eigenvalue weighted by Crippen LogP contribution is 2.24. The van der Waals surface area contributed by atoms with Crippen molar-refractivity contribution in [2.75, 3.05) is 18.1 Å². The Morgan fingerprint density at radius 3 is 2.48 bits per heavy atom. The standard InChI is InChI=1S/C18H18Cl3NOS2/c19-15-4-2-1-3-14(15)11-24-8-7-22-18(23)12-25-10-13-5-6-16(20)17(21)9-13/h1-6,9H,7-8,10-12H2,(H,22,23). The van der Waals surface area contributed by atoms with Crippen LogP contribution in [0.1, 0.15) is 11.1 Å². The van der Waals surface area contributed by atoms with Gasteiger partial charge in [-0.25, -0.2) is 0 Å². The first kappa shape index (κ1) is 20.8. The van der Waals surface area contributed by atoms with Crippen molar-refractivity contribution in [3.63, 3.8) is 0 Å². The van der Waals surface area contributed by atoms with E-state index in [1.807, 2.05) is 36.4 Å². The number of thioether (sulfide) groups is 2. The third-order valence-electron chi connectivity index (χ3n) is 3.27. The molecule has 0 radical (unpaired) electrons. The number of carbonyl (C=O) groups excluding carboxylic acids is 1. The molecule has 0 aliphatic carbocycles. The van der Waals surface area contributed by atoms with Gasteiger partial charge in [-0.1, -0.05) is 59.1 Å². The summed E-state index contributed by atoms with van der Waals surface area (Å²) in [5, 5.41) is 4.80. The molecule has 0 heterocycles. The zero-order valence-electron chi connectivity index (χ0n) is 13.4. The normalized spacial score (nSPS) is 10.7. The molecule has 0 atom stereocenters. The molecule has 0 fully saturated rings. The van der Waals surface area contributed by atoms with Crippen LogP contribution < -0.4 is 5.32 Å². The minimum atomic E-state index is 0.0448. The van der Waals surface area contributed by atoms with E-state index in [0.29, 0.717) is 22.3 Å². The summed E-state index contributed by atoms with van der Waals surface area (Å²) in [7, 11) is 0. The smallest absolute Gasteiger partial charge is 0.230 e. The third-order valence-corrected chi connectivity index (χ3v) is 6.39. The summed E-state index contributed by atoms with van der Waals surface area (Å²) < 4.78 is 0. The minimum Gasteiger partial charge on any atom is -0.355 e. The fraction of sp³-hybridized carbons (Fsp3) is 0.278. The zero-order chi connectivity index (χ0) is 18.1. The van der Waals surface area contributed by atoms with Gasteiger partial charge < -0.3 is 5.32 Å². The van der Waals surface area contributed by atoms with Crippen LogP contribution in [-0.2, 0) is 16.3 Å². The van der Waals surface area contributed by atoms with E-state index in [2.05, 4.69) is 5.32 Å². The molecule has 7 heteroatoms. The lowest BCUT2D eigenvalue weighted by atomic mass is 10.2. The van der Waals surface area contributed by atoms with Crippen molar-refractivity contribution in [3.05, 3.63) is 68.7 Å². The average Bonchev–Trinajstić information content (AvgIpc) is 2.59. The van der Waals surface area contributed by atoms with Crippen molar-refractivity contribution in [2.24, 2.45) is 0 Å². The second-order valence-corrected chi connectivity index (χ2v) is 8.55. The van der Waals surface area contributed by atoms with Crippen molar-refractivity contribution in [2.45, 2.75) is 11.5 Å². The molecule has 0 aliphatic heterocycles. The molecule has 2 aromatic rings.